The van der Waals surface area contributed by atoms with Crippen LogP contribution in [0.25, 0.3) is 0 Å². The molecule has 1 spiro atoms. The number of hydrogen-bond acceptors (Lipinski definition) is 7. The molecule has 0 atom stereocenters. The Bertz CT molecular complexity index is 1010. The number of aromatic hydroxyl groups is 1. The highest BCUT2D eigenvalue weighted by atomic mass is 35.5. The van der Waals surface area contributed by atoms with E-state index in [1.807, 2.05) is 24.3 Å². The van der Waals surface area contributed by atoms with Crippen LogP contribution in [0.2, 0.25) is 5.02 Å². The molecule has 3 heterocycles. The molecule has 8 heteroatoms. The van der Waals surface area contributed by atoms with Crippen LogP contribution >= 0.6 is 11.6 Å². The molecular formula is C23H27ClN4O3. The number of ether oxygens (including phenoxy) is 2. The van der Waals surface area contributed by atoms with Crippen LogP contribution in [0, 0.1) is 0 Å². The second-order valence-electron chi connectivity index (χ2n) is 8.33. The van der Waals surface area contributed by atoms with E-state index in [1.54, 1.807) is 14.2 Å². The maximum absolute atomic E-state index is 10.2. The van der Waals surface area contributed by atoms with Gasteiger partial charge in [0.2, 0.25) is 5.75 Å². The molecule has 0 bridgehead atoms. The third-order valence-electron chi connectivity index (χ3n) is 6.58. The van der Waals surface area contributed by atoms with Crippen molar-refractivity contribution >= 4 is 23.1 Å². The Balaban J connectivity index is 1.34. The summed E-state index contributed by atoms with van der Waals surface area (Å²) in [5.41, 5.74) is 3.14. The van der Waals surface area contributed by atoms with Crippen molar-refractivity contribution in [3.05, 3.63) is 46.5 Å². The molecule has 0 aromatic heterocycles. The van der Waals surface area contributed by atoms with E-state index in [4.69, 9.17) is 26.1 Å². The third kappa shape index (κ3) is 3.46. The van der Waals surface area contributed by atoms with Crippen LogP contribution in [0.1, 0.15) is 24.0 Å². The first-order valence-corrected chi connectivity index (χ1v) is 11.0. The van der Waals surface area contributed by atoms with E-state index < -0.39 is 0 Å². The van der Waals surface area contributed by atoms with Crippen molar-refractivity contribution < 1.29 is 14.6 Å². The van der Waals surface area contributed by atoms with E-state index in [0.717, 1.165) is 73.2 Å². The Morgan fingerprint density at radius 2 is 1.81 bits per heavy atom. The molecule has 0 unspecified atom stereocenters. The molecule has 164 valence electrons. The predicted molar refractivity (Wildman–Crippen MR) is 122 cm³/mol. The average molecular weight is 443 g/mol. The lowest BCUT2D eigenvalue weighted by Crippen LogP contribution is -2.63. The minimum Gasteiger partial charge on any atom is -0.502 e. The summed E-state index contributed by atoms with van der Waals surface area (Å²) < 4.78 is 10.6. The maximum Gasteiger partial charge on any atom is 0.200 e. The Morgan fingerprint density at radius 3 is 2.48 bits per heavy atom. The van der Waals surface area contributed by atoms with E-state index in [1.165, 1.54) is 0 Å². The van der Waals surface area contributed by atoms with Crippen LogP contribution in [0.3, 0.4) is 0 Å². The molecule has 1 saturated heterocycles. The van der Waals surface area contributed by atoms with Gasteiger partial charge in [-0.2, -0.15) is 0 Å². The fourth-order valence-electron chi connectivity index (χ4n) is 5.00. The monoisotopic (exact) mass is 442 g/mol. The van der Waals surface area contributed by atoms with E-state index >= 15 is 0 Å². The van der Waals surface area contributed by atoms with E-state index in [2.05, 4.69) is 21.2 Å². The first-order valence-electron chi connectivity index (χ1n) is 10.6. The smallest absolute Gasteiger partial charge is 0.200 e. The van der Waals surface area contributed by atoms with Crippen LogP contribution < -0.4 is 14.8 Å². The molecule has 2 N–H and O–H groups in total. The molecule has 5 rings (SSSR count). The van der Waals surface area contributed by atoms with Gasteiger partial charge in [0.15, 0.2) is 11.5 Å². The van der Waals surface area contributed by atoms with Gasteiger partial charge in [-0.3, -0.25) is 9.89 Å². The molecule has 3 aliphatic rings. The summed E-state index contributed by atoms with van der Waals surface area (Å²) in [7, 11) is 3.11. The summed E-state index contributed by atoms with van der Waals surface area (Å²) >= 11 is 6.28. The highest BCUT2D eigenvalue weighted by Gasteiger charge is 2.46. The fourth-order valence-corrected chi connectivity index (χ4v) is 5.17. The second-order valence-corrected chi connectivity index (χ2v) is 8.76. The number of aliphatic imine (C=N–C) groups is 1. The van der Waals surface area contributed by atoms with Crippen LogP contribution in [0.4, 0.5) is 5.69 Å². The summed E-state index contributed by atoms with van der Waals surface area (Å²) in [6, 6.07) is 9.77. The second kappa shape index (κ2) is 7.80. The molecule has 0 radical (unpaired) electrons. The molecule has 2 aromatic rings. The number of phenols is 1. The molecule has 31 heavy (non-hydrogen) atoms. The maximum atomic E-state index is 10.2. The molecule has 1 fully saturated rings. The van der Waals surface area contributed by atoms with Crippen molar-refractivity contribution in [2.45, 2.75) is 25.0 Å². The molecular weight excluding hydrogens is 416 g/mol. The summed E-state index contributed by atoms with van der Waals surface area (Å²) in [5, 5.41) is 14.7. The number of nitrogens with one attached hydrogen (secondary N) is 1. The van der Waals surface area contributed by atoms with Gasteiger partial charge in [0.25, 0.3) is 0 Å². The van der Waals surface area contributed by atoms with Gasteiger partial charge in [-0.1, -0.05) is 11.6 Å². The largest absolute Gasteiger partial charge is 0.502 e. The van der Waals surface area contributed by atoms with Crippen molar-refractivity contribution in [3.63, 3.8) is 0 Å². The molecule has 7 nitrogen and oxygen atoms in total. The number of benzene rings is 2. The number of methoxy groups -OCH3 is 2. The van der Waals surface area contributed by atoms with Crippen molar-refractivity contribution in [2.75, 3.05) is 45.7 Å². The summed E-state index contributed by atoms with van der Waals surface area (Å²) in [4.78, 5) is 9.69. The number of anilines is 1. The lowest BCUT2D eigenvalue weighted by atomic mass is 9.90. The minimum absolute atomic E-state index is 0.0379. The number of phenolic OH excluding ortho intramolecular Hbond substituents is 1. The lowest BCUT2D eigenvalue weighted by Gasteiger charge is -2.52. The van der Waals surface area contributed by atoms with Crippen LogP contribution in [0.15, 0.2) is 35.3 Å². The third-order valence-corrected chi connectivity index (χ3v) is 6.81. The summed E-state index contributed by atoms with van der Waals surface area (Å²) in [5.74, 6) is 1.99. The molecule has 3 aliphatic heterocycles. The van der Waals surface area contributed by atoms with Gasteiger partial charge in [-0.15, -0.1) is 0 Å². The van der Waals surface area contributed by atoms with Crippen molar-refractivity contribution in [2.24, 2.45) is 4.99 Å². The highest BCUT2D eigenvalue weighted by Crippen LogP contribution is 2.41. The standard InChI is InChI=1S/C23H27ClN4O3/c1-30-19-11-15(12-20(31-2)21(19)29)14-27-8-5-23(6-9-27)26-18-13-16(24)3-4-17(18)22-25-7-10-28(22)23/h3-4,11-13,26,29H,5-10,14H2,1-2H3. The molecule has 0 amide bonds. The van der Waals surface area contributed by atoms with Crippen molar-refractivity contribution in [1.29, 1.82) is 0 Å². The van der Waals surface area contributed by atoms with Gasteiger partial charge in [0.1, 0.15) is 11.5 Å². The minimum atomic E-state index is -0.131. The SMILES string of the molecule is COc1cc(CN2CCC3(CC2)Nc2cc(Cl)ccc2C2=NCCN23)cc(OC)c1O. The van der Waals surface area contributed by atoms with Crippen molar-refractivity contribution in [3.8, 4) is 17.2 Å². The number of rotatable bonds is 4. The van der Waals surface area contributed by atoms with Gasteiger partial charge in [0.05, 0.1) is 20.8 Å². The molecule has 0 aliphatic carbocycles. The highest BCUT2D eigenvalue weighted by molar-refractivity contribution is 6.31. The number of likely N-dealkylation sites (tertiary alicyclic amines) is 1. The molecule has 2 aromatic carbocycles. The first kappa shape index (κ1) is 20.3. The van der Waals surface area contributed by atoms with Crippen LogP contribution in [-0.2, 0) is 6.54 Å². The van der Waals surface area contributed by atoms with Crippen molar-refractivity contribution in [1.82, 2.24) is 9.80 Å². The van der Waals surface area contributed by atoms with E-state index in [0.29, 0.717) is 11.5 Å². The van der Waals surface area contributed by atoms with Gasteiger partial charge in [0, 0.05) is 55.3 Å². The van der Waals surface area contributed by atoms with Gasteiger partial charge < -0.3 is 24.8 Å². The number of hydrogen-bond donors (Lipinski definition) is 2. The normalized spacial score (nSPS) is 19.5. The zero-order valence-electron chi connectivity index (χ0n) is 17.8. The number of piperidine rings is 1. The number of amidine groups is 1. The average Bonchev–Trinajstić information content (AvgIpc) is 3.27. The zero-order valence-corrected chi connectivity index (χ0v) is 18.6. The summed E-state index contributed by atoms with van der Waals surface area (Å²) in [6.07, 6.45) is 1.95. The quantitative estimate of drug-likeness (QED) is 0.754. The van der Waals surface area contributed by atoms with Gasteiger partial charge in [-0.05, 0) is 35.9 Å². The number of fused-ring (bicyclic) bond motifs is 4. The topological polar surface area (TPSA) is 69.6 Å². The first-order chi connectivity index (χ1) is 15.0. The van der Waals surface area contributed by atoms with Crippen LogP contribution in [0.5, 0.6) is 17.2 Å². The summed E-state index contributed by atoms with van der Waals surface area (Å²) in [6.45, 7) is 4.43. The number of nitrogens with zero attached hydrogens (tertiary/aromatic N) is 3. The Kier molecular flexibility index (Phi) is 5.10. The van der Waals surface area contributed by atoms with E-state index in [-0.39, 0.29) is 11.4 Å². The predicted octanol–water partition coefficient (Wildman–Crippen LogP) is 3.54. The molecule has 0 saturated carbocycles. The van der Waals surface area contributed by atoms with Gasteiger partial charge >= 0.3 is 0 Å². The lowest BCUT2D eigenvalue weighted by molar-refractivity contribution is 0.0895. The fraction of sp³-hybridized carbons (Fsp3) is 0.435. The number of halogens is 1. The Morgan fingerprint density at radius 1 is 1.10 bits per heavy atom. The van der Waals surface area contributed by atoms with E-state index in [9.17, 15) is 5.11 Å². The van der Waals surface area contributed by atoms with Gasteiger partial charge in [-0.25, -0.2) is 0 Å². The van der Waals surface area contributed by atoms with Crippen LogP contribution in [-0.4, -0.2) is 66.8 Å². The Labute approximate surface area is 187 Å². The Hall–Kier alpha value is -2.64. The zero-order chi connectivity index (χ0) is 21.6.